The van der Waals surface area contributed by atoms with Crippen molar-refractivity contribution in [2.24, 2.45) is 0 Å². The van der Waals surface area contributed by atoms with Crippen molar-refractivity contribution in [1.82, 2.24) is 0 Å². The van der Waals surface area contributed by atoms with E-state index < -0.39 is 23.3 Å². The number of ketones is 1. The third kappa shape index (κ3) is 2.25. The van der Waals surface area contributed by atoms with E-state index in [1.807, 2.05) is 0 Å². The molecule has 2 nitrogen and oxygen atoms in total. The minimum atomic E-state index is -4.97. The Labute approximate surface area is 85.5 Å². The number of carbonyl (C=O) groups excluding carboxylic acids is 1. The van der Waals surface area contributed by atoms with E-state index in [2.05, 4.69) is 15.9 Å². The molecule has 1 aromatic rings. The van der Waals surface area contributed by atoms with Crippen molar-refractivity contribution < 1.29 is 23.1 Å². The summed E-state index contributed by atoms with van der Waals surface area (Å²) in [7, 11) is 0. The lowest BCUT2D eigenvalue weighted by Crippen LogP contribution is -2.22. The minimum absolute atomic E-state index is 0.397. The SMILES string of the molecule is O=C(c1ccc(Br)cc1O)C(F)(F)F. The molecule has 0 aromatic heterocycles. The number of hydrogen-bond donors (Lipinski definition) is 1. The Hall–Kier alpha value is -1.04. The first kappa shape index (κ1) is 11.0. The molecule has 0 aliphatic heterocycles. The van der Waals surface area contributed by atoms with Crippen LogP contribution in [0.5, 0.6) is 5.75 Å². The van der Waals surface area contributed by atoms with Gasteiger partial charge in [0.15, 0.2) is 0 Å². The van der Waals surface area contributed by atoms with Gasteiger partial charge in [0.25, 0.3) is 5.78 Å². The fourth-order valence-corrected chi connectivity index (χ4v) is 1.20. The number of benzene rings is 1. The fourth-order valence-electron chi connectivity index (χ4n) is 0.850. The second kappa shape index (κ2) is 3.61. The van der Waals surface area contributed by atoms with E-state index in [1.54, 1.807) is 0 Å². The predicted molar refractivity (Wildman–Crippen MR) is 46.2 cm³/mol. The van der Waals surface area contributed by atoms with E-state index in [-0.39, 0.29) is 0 Å². The summed E-state index contributed by atoms with van der Waals surface area (Å²) < 4.78 is 36.2. The lowest BCUT2D eigenvalue weighted by atomic mass is 10.1. The Morgan fingerprint density at radius 3 is 2.36 bits per heavy atom. The number of aromatic hydroxyl groups is 1. The maximum Gasteiger partial charge on any atom is 0.455 e. The van der Waals surface area contributed by atoms with Crippen LogP contribution in [0.4, 0.5) is 13.2 Å². The zero-order chi connectivity index (χ0) is 10.9. The van der Waals surface area contributed by atoms with E-state index >= 15 is 0 Å². The van der Waals surface area contributed by atoms with Gasteiger partial charge in [-0.25, -0.2) is 0 Å². The summed E-state index contributed by atoms with van der Waals surface area (Å²) in [6.07, 6.45) is -4.97. The number of phenolic OH excluding ortho intramolecular Hbond substituents is 1. The van der Waals surface area contributed by atoms with Crippen LogP contribution in [0.3, 0.4) is 0 Å². The van der Waals surface area contributed by atoms with E-state index in [1.165, 1.54) is 6.07 Å². The second-order valence-corrected chi connectivity index (χ2v) is 3.40. The number of carbonyl (C=O) groups is 1. The first-order valence-corrected chi connectivity index (χ1v) is 4.21. The van der Waals surface area contributed by atoms with Crippen LogP contribution >= 0.6 is 15.9 Å². The van der Waals surface area contributed by atoms with Gasteiger partial charge in [-0.3, -0.25) is 4.79 Å². The van der Waals surface area contributed by atoms with Crippen molar-refractivity contribution in [3.63, 3.8) is 0 Å². The van der Waals surface area contributed by atoms with E-state index in [4.69, 9.17) is 5.11 Å². The molecule has 0 saturated heterocycles. The molecule has 0 saturated carbocycles. The molecule has 0 aliphatic rings. The largest absolute Gasteiger partial charge is 0.507 e. The molecule has 0 radical (unpaired) electrons. The van der Waals surface area contributed by atoms with Crippen molar-refractivity contribution in [2.45, 2.75) is 6.18 Å². The molecule has 0 heterocycles. The molecule has 0 bridgehead atoms. The summed E-state index contributed by atoms with van der Waals surface area (Å²) in [5.74, 6) is -2.75. The molecule has 0 atom stereocenters. The number of rotatable bonds is 1. The van der Waals surface area contributed by atoms with Gasteiger partial charge in [-0.1, -0.05) is 15.9 Å². The number of phenols is 1. The number of Topliss-reactive ketones (excluding diaryl/α,β-unsaturated/α-hetero) is 1. The molecular weight excluding hydrogens is 265 g/mol. The van der Waals surface area contributed by atoms with Gasteiger partial charge in [0, 0.05) is 4.47 Å². The first-order valence-electron chi connectivity index (χ1n) is 3.42. The van der Waals surface area contributed by atoms with Crippen molar-refractivity contribution in [3.05, 3.63) is 28.2 Å². The highest BCUT2D eigenvalue weighted by Crippen LogP contribution is 2.28. The zero-order valence-electron chi connectivity index (χ0n) is 6.60. The highest BCUT2D eigenvalue weighted by molar-refractivity contribution is 9.10. The van der Waals surface area contributed by atoms with Gasteiger partial charge in [0.1, 0.15) is 5.75 Å². The van der Waals surface area contributed by atoms with Crippen LogP contribution in [0.15, 0.2) is 22.7 Å². The van der Waals surface area contributed by atoms with Crippen molar-refractivity contribution in [1.29, 1.82) is 0 Å². The molecule has 0 unspecified atom stereocenters. The lowest BCUT2D eigenvalue weighted by molar-refractivity contribution is -0.0886. The fraction of sp³-hybridized carbons (Fsp3) is 0.125. The molecular formula is C8H4BrF3O2. The van der Waals surface area contributed by atoms with Gasteiger partial charge in [0.05, 0.1) is 5.56 Å². The maximum absolute atomic E-state index is 11.9. The van der Waals surface area contributed by atoms with Gasteiger partial charge in [-0.2, -0.15) is 13.2 Å². The van der Waals surface area contributed by atoms with Crippen molar-refractivity contribution >= 4 is 21.7 Å². The average molecular weight is 269 g/mol. The van der Waals surface area contributed by atoms with Gasteiger partial charge in [-0.15, -0.1) is 0 Å². The summed E-state index contributed by atoms with van der Waals surface area (Å²) in [5.41, 5.74) is -0.749. The summed E-state index contributed by atoms with van der Waals surface area (Å²) in [4.78, 5) is 10.7. The zero-order valence-corrected chi connectivity index (χ0v) is 8.19. The molecule has 1 aromatic carbocycles. The smallest absolute Gasteiger partial charge is 0.455 e. The minimum Gasteiger partial charge on any atom is -0.507 e. The number of alkyl halides is 3. The quantitative estimate of drug-likeness (QED) is 0.796. The Morgan fingerprint density at radius 2 is 1.93 bits per heavy atom. The molecule has 6 heteroatoms. The third-order valence-electron chi connectivity index (χ3n) is 1.46. The van der Waals surface area contributed by atoms with Crippen LogP contribution in [0, 0.1) is 0 Å². The molecule has 0 amide bonds. The predicted octanol–water partition coefficient (Wildman–Crippen LogP) is 2.90. The lowest BCUT2D eigenvalue weighted by Gasteiger charge is -2.06. The first-order chi connectivity index (χ1) is 6.32. The highest BCUT2D eigenvalue weighted by atomic mass is 79.9. The van der Waals surface area contributed by atoms with Crippen molar-refractivity contribution in [2.75, 3.05) is 0 Å². The Balaban J connectivity index is 3.15. The molecule has 0 fully saturated rings. The van der Waals surface area contributed by atoms with Crippen molar-refractivity contribution in [3.8, 4) is 5.75 Å². The summed E-state index contributed by atoms with van der Waals surface area (Å²) in [5, 5.41) is 9.07. The molecule has 1 rings (SSSR count). The standard InChI is InChI=1S/C8H4BrF3O2/c9-4-1-2-5(6(13)3-4)7(14)8(10,11)12/h1-3,13H. The van der Waals surface area contributed by atoms with E-state index in [0.717, 1.165) is 12.1 Å². The third-order valence-corrected chi connectivity index (χ3v) is 1.96. The summed E-state index contributed by atoms with van der Waals surface area (Å²) >= 11 is 2.94. The Morgan fingerprint density at radius 1 is 1.36 bits per heavy atom. The van der Waals surface area contributed by atoms with Crippen LogP contribution in [-0.2, 0) is 0 Å². The van der Waals surface area contributed by atoms with Crippen LogP contribution in [0.2, 0.25) is 0 Å². The molecule has 76 valence electrons. The molecule has 0 aliphatic carbocycles. The second-order valence-electron chi connectivity index (χ2n) is 2.49. The maximum atomic E-state index is 11.9. The summed E-state index contributed by atoms with van der Waals surface area (Å²) in [6, 6.07) is 3.19. The Kier molecular flexibility index (Phi) is 2.84. The summed E-state index contributed by atoms with van der Waals surface area (Å²) in [6.45, 7) is 0. The molecule has 14 heavy (non-hydrogen) atoms. The van der Waals surface area contributed by atoms with Gasteiger partial charge >= 0.3 is 6.18 Å². The number of hydrogen-bond acceptors (Lipinski definition) is 2. The van der Waals surface area contributed by atoms with Crippen LogP contribution < -0.4 is 0 Å². The average Bonchev–Trinajstić information content (AvgIpc) is 2.01. The number of halogens is 4. The topological polar surface area (TPSA) is 37.3 Å². The van der Waals surface area contributed by atoms with Crippen LogP contribution in [-0.4, -0.2) is 17.1 Å². The molecule has 1 N–H and O–H groups in total. The van der Waals surface area contributed by atoms with Gasteiger partial charge in [0.2, 0.25) is 0 Å². The normalized spacial score (nSPS) is 11.4. The van der Waals surface area contributed by atoms with Crippen LogP contribution in [0.25, 0.3) is 0 Å². The van der Waals surface area contributed by atoms with Gasteiger partial charge < -0.3 is 5.11 Å². The van der Waals surface area contributed by atoms with E-state index in [0.29, 0.717) is 4.47 Å². The van der Waals surface area contributed by atoms with Crippen LogP contribution in [0.1, 0.15) is 10.4 Å². The molecule has 0 spiro atoms. The highest BCUT2D eigenvalue weighted by Gasteiger charge is 2.40. The van der Waals surface area contributed by atoms with E-state index in [9.17, 15) is 18.0 Å². The monoisotopic (exact) mass is 268 g/mol. The van der Waals surface area contributed by atoms with Gasteiger partial charge in [-0.05, 0) is 18.2 Å². The Bertz CT molecular complexity index is 373.